The van der Waals surface area contributed by atoms with Crippen molar-refractivity contribution >= 4 is 16.6 Å². The molecule has 0 spiro atoms. The Hall–Kier alpha value is -4.18. The molecule has 3 heterocycles. The number of benzene rings is 2. The summed E-state index contributed by atoms with van der Waals surface area (Å²) in [5, 5.41) is 12.0. The van der Waals surface area contributed by atoms with Crippen molar-refractivity contribution < 1.29 is 14.4 Å². The van der Waals surface area contributed by atoms with Crippen molar-refractivity contribution in [2.45, 2.75) is 19.6 Å². The molecule has 1 aliphatic rings. The number of aryl methyl sites for hydroxylation is 2. The molecule has 0 N–H and O–H groups in total. The van der Waals surface area contributed by atoms with Gasteiger partial charge in [0.2, 0.25) is 0 Å². The van der Waals surface area contributed by atoms with Crippen molar-refractivity contribution in [3.63, 3.8) is 0 Å². The van der Waals surface area contributed by atoms with Crippen molar-refractivity contribution in [3.05, 3.63) is 90.2 Å². The first-order valence-electron chi connectivity index (χ1n) is 11.1. The van der Waals surface area contributed by atoms with Crippen LogP contribution in [-0.4, -0.2) is 32.3 Å². The lowest BCUT2D eigenvalue weighted by Crippen LogP contribution is -2.37. The van der Waals surface area contributed by atoms with Gasteiger partial charge >= 0.3 is 5.69 Å². The number of para-hydroxylation sites is 1. The largest absolute Gasteiger partial charge is 0.496 e. The van der Waals surface area contributed by atoms with E-state index in [1.54, 1.807) is 33.2 Å². The van der Waals surface area contributed by atoms with Gasteiger partial charge in [-0.05, 0) is 13.0 Å². The molecule has 2 aromatic carbocycles. The van der Waals surface area contributed by atoms with E-state index < -0.39 is 22.3 Å². The van der Waals surface area contributed by atoms with Crippen molar-refractivity contribution in [3.8, 4) is 17.0 Å². The molecule has 10 nitrogen and oxygen atoms in total. The minimum atomic E-state index is -0.616. The van der Waals surface area contributed by atoms with Crippen molar-refractivity contribution in [2.24, 2.45) is 14.1 Å². The molecule has 0 saturated heterocycles. The number of nitro groups is 1. The predicted molar refractivity (Wildman–Crippen MR) is 130 cm³/mol. The summed E-state index contributed by atoms with van der Waals surface area (Å²) in [5.41, 5.74) is 2.41. The first-order valence-corrected chi connectivity index (χ1v) is 11.1. The molecule has 2 aromatic heterocycles. The Morgan fingerprint density at radius 1 is 1.11 bits per heavy atom. The second-order valence-corrected chi connectivity index (χ2v) is 8.57. The second kappa shape index (κ2) is 8.24. The highest BCUT2D eigenvalue weighted by atomic mass is 16.6. The van der Waals surface area contributed by atoms with E-state index in [9.17, 15) is 19.7 Å². The van der Waals surface area contributed by atoms with Crippen molar-refractivity contribution in [2.75, 3.05) is 13.7 Å². The van der Waals surface area contributed by atoms with Gasteiger partial charge in [0.25, 0.3) is 11.2 Å². The minimum absolute atomic E-state index is 0.0406. The number of nitro benzene ring substituents is 1. The topological polar surface area (TPSA) is 111 Å². The van der Waals surface area contributed by atoms with Gasteiger partial charge in [-0.25, -0.2) is 4.79 Å². The number of rotatable bonds is 4. The molecule has 0 saturated carbocycles. The van der Waals surface area contributed by atoms with Crippen LogP contribution in [0.3, 0.4) is 0 Å². The molecule has 180 valence electrons. The SMILES string of the molecule is COc1ccccc1[C@@H]1OCCn2c(-c3ccc(C)c([N+](=O)[O-])c3)c3c(=O)n(C)c(=O)n(C)c3c21. The Balaban J connectivity index is 1.95. The zero-order valence-electron chi connectivity index (χ0n) is 19.8. The van der Waals surface area contributed by atoms with Crippen LogP contribution in [0, 0.1) is 17.0 Å². The van der Waals surface area contributed by atoms with Gasteiger partial charge in [-0.1, -0.05) is 30.3 Å². The van der Waals surface area contributed by atoms with Gasteiger partial charge in [0.05, 0.1) is 40.9 Å². The summed E-state index contributed by atoms with van der Waals surface area (Å²) in [7, 11) is 4.61. The number of methoxy groups -OCH3 is 1. The average Bonchev–Trinajstić information content (AvgIpc) is 3.22. The Morgan fingerprint density at radius 3 is 2.57 bits per heavy atom. The van der Waals surface area contributed by atoms with E-state index in [0.717, 1.165) is 10.1 Å². The lowest BCUT2D eigenvalue weighted by Gasteiger charge is -2.28. The van der Waals surface area contributed by atoms with Crippen LogP contribution >= 0.6 is 0 Å². The lowest BCUT2D eigenvalue weighted by molar-refractivity contribution is -0.385. The first-order chi connectivity index (χ1) is 16.8. The van der Waals surface area contributed by atoms with Gasteiger partial charge in [-0.3, -0.25) is 24.0 Å². The average molecular weight is 476 g/mol. The highest BCUT2D eigenvalue weighted by molar-refractivity contribution is 5.97. The Kier molecular flexibility index (Phi) is 5.32. The summed E-state index contributed by atoms with van der Waals surface area (Å²) in [6.45, 7) is 2.41. The fourth-order valence-electron chi connectivity index (χ4n) is 4.95. The van der Waals surface area contributed by atoms with E-state index >= 15 is 0 Å². The molecule has 1 aliphatic heterocycles. The molecule has 0 fully saturated rings. The number of aromatic nitrogens is 3. The van der Waals surface area contributed by atoms with E-state index in [-0.39, 0.29) is 5.69 Å². The van der Waals surface area contributed by atoms with Gasteiger partial charge in [0.1, 0.15) is 11.9 Å². The Bertz CT molecular complexity index is 1630. The van der Waals surface area contributed by atoms with Gasteiger partial charge in [-0.2, -0.15) is 0 Å². The number of ether oxygens (including phenoxy) is 2. The second-order valence-electron chi connectivity index (χ2n) is 8.57. The fourth-order valence-corrected chi connectivity index (χ4v) is 4.95. The highest BCUT2D eigenvalue weighted by Crippen LogP contribution is 2.43. The molecule has 0 radical (unpaired) electrons. The normalized spacial score (nSPS) is 15.3. The van der Waals surface area contributed by atoms with E-state index in [1.165, 1.54) is 17.7 Å². The van der Waals surface area contributed by atoms with Crippen LogP contribution in [0.25, 0.3) is 22.2 Å². The summed E-state index contributed by atoms with van der Waals surface area (Å²) >= 11 is 0. The van der Waals surface area contributed by atoms with Crippen LogP contribution in [-0.2, 0) is 25.4 Å². The van der Waals surface area contributed by atoms with Crippen molar-refractivity contribution in [1.29, 1.82) is 0 Å². The first kappa shape index (κ1) is 22.6. The quantitative estimate of drug-likeness (QED) is 0.331. The number of nitrogens with zero attached hydrogens (tertiary/aromatic N) is 4. The van der Waals surface area contributed by atoms with Crippen LogP contribution in [0.2, 0.25) is 0 Å². The standard InChI is InChI=1S/C25H24N4O6/c1-14-9-10-15(13-17(14)29(32)33)20-19-21(26(2)25(31)27(3)24(19)30)22-23(35-12-11-28(20)22)16-7-5-6-8-18(16)34-4/h5-10,13,23H,11-12H2,1-4H3/t23-/m0/s1. The lowest BCUT2D eigenvalue weighted by atomic mass is 10.0. The third kappa shape index (κ3) is 3.28. The molecular weight excluding hydrogens is 452 g/mol. The van der Waals surface area contributed by atoms with E-state index in [4.69, 9.17) is 9.47 Å². The maximum Gasteiger partial charge on any atom is 0.331 e. The molecule has 0 amide bonds. The minimum Gasteiger partial charge on any atom is -0.496 e. The van der Waals surface area contributed by atoms with Gasteiger partial charge in [-0.15, -0.1) is 0 Å². The van der Waals surface area contributed by atoms with E-state index in [2.05, 4.69) is 0 Å². The maximum absolute atomic E-state index is 13.5. The molecule has 4 aromatic rings. The molecule has 0 aliphatic carbocycles. The van der Waals surface area contributed by atoms with Crippen LogP contribution in [0.5, 0.6) is 5.75 Å². The molecule has 5 rings (SSSR count). The highest BCUT2D eigenvalue weighted by Gasteiger charge is 2.34. The van der Waals surface area contributed by atoms with Crippen LogP contribution in [0.15, 0.2) is 52.1 Å². The van der Waals surface area contributed by atoms with Crippen LogP contribution in [0.1, 0.15) is 22.9 Å². The summed E-state index contributed by atoms with van der Waals surface area (Å²) in [5.74, 6) is 0.613. The van der Waals surface area contributed by atoms with E-state index in [0.29, 0.717) is 52.3 Å². The molecular formula is C25H24N4O6. The zero-order chi connectivity index (χ0) is 25.0. The monoisotopic (exact) mass is 476 g/mol. The Labute approximate surface area is 199 Å². The zero-order valence-corrected chi connectivity index (χ0v) is 19.8. The van der Waals surface area contributed by atoms with Gasteiger partial charge in [0.15, 0.2) is 0 Å². The fraction of sp³-hybridized carbons (Fsp3) is 0.280. The van der Waals surface area contributed by atoms with Crippen LogP contribution < -0.4 is 16.0 Å². The summed E-state index contributed by atoms with van der Waals surface area (Å²) in [4.78, 5) is 37.7. The molecule has 0 bridgehead atoms. The smallest absolute Gasteiger partial charge is 0.331 e. The predicted octanol–water partition coefficient (Wildman–Crippen LogP) is 3.05. The maximum atomic E-state index is 13.5. The molecule has 10 heteroatoms. The van der Waals surface area contributed by atoms with Gasteiger partial charge in [0, 0.05) is 43.4 Å². The number of hydrogen-bond donors (Lipinski definition) is 0. The van der Waals surface area contributed by atoms with Crippen molar-refractivity contribution in [1.82, 2.24) is 13.7 Å². The molecule has 1 atom stereocenters. The summed E-state index contributed by atoms with van der Waals surface area (Å²) in [6.07, 6.45) is -0.616. The van der Waals surface area contributed by atoms with E-state index in [1.807, 2.05) is 28.8 Å². The number of fused-ring (bicyclic) bond motifs is 3. The number of hydrogen-bond acceptors (Lipinski definition) is 6. The molecule has 35 heavy (non-hydrogen) atoms. The van der Waals surface area contributed by atoms with Crippen LogP contribution in [0.4, 0.5) is 5.69 Å². The summed E-state index contributed by atoms with van der Waals surface area (Å²) < 4.78 is 16.2. The van der Waals surface area contributed by atoms with Gasteiger partial charge < -0.3 is 14.0 Å². The Morgan fingerprint density at radius 2 is 1.86 bits per heavy atom. The third-order valence-electron chi connectivity index (χ3n) is 6.65. The summed E-state index contributed by atoms with van der Waals surface area (Å²) in [6, 6.07) is 12.3. The third-order valence-corrected chi connectivity index (χ3v) is 6.65. The molecule has 0 unspecified atom stereocenters.